The zero-order valence-electron chi connectivity index (χ0n) is 9.13. The molecule has 0 unspecified atom stereocenters. The molecule has 4 heteroatoms. The van der Waals surface area contributed by atoms with Crippen molar-refractivity contribution in [3.8, 4) is 0 Å². The van der Waals surface area contributed by atoms with Gasteiger partial charge in [-0.15, -0.1) is 0 Å². The van der Waals surface area contributed by atoms with Gasteiger partial charge in [0.2, 0.25) is 0 Å². The van der Waals surface area contributed by atoms with E-state index < -0.39 is 0 Å². The average molecular weight is 209 g/mol. The fourth-order valence-electron chi connectivity index (χ4n) is 1.44. The van der Waals surface area contributed by atoms with Gasteiger partial charge in [-0.3, -0.25) is 0 Å². The van der Waals surface area contributed by atoms with Gasteiger partial charge in [0.1, 0.15) is 0 Å². The second-order valence-corrected chi connectivity index (χ2v) is 3.40. The Balaban J connectivity index is 3.16. The van der Waals surface area contributed by atoms with Crippen LogP contribution in [0.2, 0.25) is 0 Å². The number of nitrogens with one attached hydrogen (secondary N) is 1. The standard InChI is InChI=1S/C11H15NO3/c1-7-4-9(11(13)15-3)5-10(6-12-14)8(7)2/h4-5,12,14H,6H2,1-3H3. The Labute approximate surface area is 88.8 Å². The van der Waals surface area contributed by atoms with Crippen LogP contribution < -0.4 is 5.48 Å². The number of benzene rings is 1. The quantitative estimate of drug-likeness (QED) is 0.586. The minimum atomic E-state index is -0.364. The van der Waals surface area contributed by atoms with E-state index in [1.54, 1.807) is 12.1 Å². The molecule has 0 aromatic heterocycles. The lowest BCUT2D eigenvalue weighted by Crippen LogP contribution is -2.10. The summed E-state index contributed by atoms with van der Waals surface area (Å²) in [4.78, 5) is 11.3. The van der Waals surface area contributed by atoms with E-state index in [9.17, 15) is 4.79 Å². The predicted octanol–water partition coefficient (Wildman–Crippen LogP) is 1.57. The highest BCUT2D eigenvalue weighted by Gasteiger charge is 2.10. The Kier molecular flexibility index (Phi) is 3.82. The molecule has 0 aliphatic carbocycles. The van der Waals surface area contributed by atoms with Gasteiger partial charge in [-0.1, -0.05) is 0 Å². The molecule has 4 nitrogen and oxygen atoms in total. The van der Waals surface area contributed by atoms with Crippen LogP contribution in [0, 0.1) is 13.8 Å². The maximum atomic E-state index is 11.3. The lowest BCUT2D eigenvalue weighted by molar-refractivity contribution is 0.0600. The number of aryl methyl sites for hydroxylation is 1. The zero-order chi connectivity index (χ0) is 11.4. The number of carbonyl (C=O) groups is 1. The van der Waals surface area contributed by atoms with Crippen LogP contribution in [0.1, 0.15) is 27.0 Å². The summed E-state index contributed by atoms with van der Waals surface area (Å²) in [6.45, 7) is 4.18. The number of ether oxygens (including phenoxy) is 1. The summed E-state index contributed by atoms with van der Waals surface area (Å²) >= 11 is 0. The van der Waals surface area contributed by atoms with E-state index in [2.05, 4.69) is 10.2 Å². The van der Waals surface area contributed by atoms with Gasteiger partial charge in [-0.2, -0.15) is 0 Å². The van der Waals surface area contributed by atoms with Crippen molar-refractivity contribution in [2.45, 2.75) is 20.4 Å². The molecular weight excluding hydrogens is 194 g/mol. The Morgan fingerprint density at radius 3 is 2.67 bits per heavy atom. The second kappa shape index (κ2) is 4.91. The van der Waals surface area contributed by atoms with Crippen molar-refractivity contribution in [2.24, 2.45) is 0 Å². The highest BCUT2D eigenvalue weighted by molar-refractivity contribution is 5.89. The van der Waals surface area contributed by atoms with Gasteiger partial charge in [0.15, 0.2) is 0 Å². The van der Waals surface area contributed by atoms with Crippen LogP contribution in [0.5, 0.6) is 0 Å². The monoisotopic (exact) mass is 209 g/mol. The molecular formula is C11H15NO3. The normalized spacial score (nSPS) is 10.1. The van der Waals surface area contributed by atoms with Crippen LogP contribution in [0.15, 0.2) is 12.1 Å². The summed E-state index contributed by atoms with van der Waals surface area (Å²) < 4.78 is 4.64. The largest absolute Gasteiger partial charge is 0.465 e. The van der Waals surface area contributed by atoms with Crippen molar-refractivity contribution in [3.05, 3.63) is 34.4 Å². The molecule has 0 saturated heterocycles. The molecule has 0 aliphatic heterocycles. The van der Waals surface area contributed by atoms with Gasteiger partial charge >= 0.3 is 5.97 Å². The Bertz CT molecular complexity index is 374. The van der Waals surface area contributed by atoms with Crippen molar-refractivity contribution in [1.29, 1.82) is 0 Å². The van der Waals surface area contributed by atoms with Gasteiger partial charge in [-0.05, 0) is 42.7 Å². The van der Waals surface area contributed by atoms with E-state index in [0.29, 0.717) is 12.1 Å². The third-order valence-corrected chi connectivity index (χ3v) is 2.47. The maximum absolute atomic E-state index is 11.3. The van der Waals surface area contributed by atoms with Gasteiger partial charge in [0.05, 0.1) is 12.7 Å². The molecule has 0 saturated carbocycles. The minimum absolute atomic E-state index is 0.317. The molecule has 0 spiro atoms. The molecule has 1 aromatic rings. The first-order valence-electron chi connectivity index (χ1n) is 4.65. The van der Waals surface area contributed by atoms with Crippen molar-refractivity contribution in [3.63, 3.8) is 0 Å². The SMILES string of the molecule is COC(=O)c1cc(C)c(C)c(CNO)c1. The fourth-order valence-corrected chi connectivity index (χ4v) is 1.44. The number of hydrogen-bond acceptors (Lipinski definition) is 4. The Morgan fingerprint density at radius 2 is 2.13 bits per heavy atom. The summed E-state index contributed by atoms with van der Waals surface area (Å²) in [7, 11) is 1.35. The van der Waals surface area contributed by atoms with E-state index in [1.165, 1.54) is 7.11 Å². The summed E-state index contributed by atoms with van der Waals surface area (Å²) in [5, 5.41) is 8.66. The first-order chi connectivity index (χ1) is 7.10. The Morgan fingerprint density at radius 1 is 1.47 bits per heavy atom. The number of methoxy groups -OCH3 is 1. The van der Waals surface area contributed by atoms with E-state index in [4.69, 9.17) is 5.21 Å². The minimum Gasteiger partial charge on any atom is -0.465 e. The highest BCUT2D eigenvalue weighted by Crippen LogP contribution is 2.16. The van der Waals surface area contributed by atoms with Crippen molar-refractivity contribution in [2.75, 3.05) is 7.11 Å². The third-order valence-electron chi connectivity index (χ3n) is 2.47. The molecule has 0 heterocycles. The number of rotatable bonds is 3. The summed E-state index contributed by atoms with van der Waals surface area (Å²) in [5.74, 6) is -0.364. The van der Waals surface area contributed by atoms with Crippen LogP contribution in [0.25, 0.3) is 0 Å². The maximum Gasteiger partial charge on any atom is 0.337 e. The van der Waals surface area contributed by atoms with Crippen LogP contribution in [0.3, 0.4) is 0 Å². The van der Waals surface area contributed by atoms with E-state index in [-0.39, 0.29) is 5.97 Å². The van der Waals surface area contributed by atoms with Crippen LogP contribution in [-0.2, 0) is 11.3 Å². The molecule has 0 bridgehead atoms. The van der Waals surface area contributed by atoms with Crippen molar-refractivity contribution >= 4 is 5.97 Å². The van der Waals surface area contributed by atoms with Crippen LogP contribution >= 0.6 is 0 Å². The molecule has 2 N–H and O–H groups in total. The van der Waals surface area contributed by atoms with Gasteiger partial charge in [-0.25, -0.2) is 10.3 Å². The highest BCUT2D eigenvalue weighted by atomic mass is 16.5. The molecule has 0 radical (unpaired) electrons. The number of carbonyl (C=O) groups excluding carboxylic acids is 1. The lowest BCUT2D eigenvalue weighted by atomic mass is 9.99. The molecule has 0 aliphatic rings. The van der Waals surface area contributed by atoms with E-state index in [1.807, 2.05) is 13.8 Å². The third kappa shape index (κ3) is 2.55. The van der Waals surface area contributed by atoms with Gasteiger partial charge < -0.3 is 9.94 Å². The summed E-state index contributed by atoms with van der Waals surface area (Å²) in [6.07, 6.45) is 0. The molecule has 1 aromatic carbocycles. The summed E-state index contributed by atoms with van der Waals surface area (Å²) in [6, 6.07) is 3.50. The zero-order valence-corrected chi connectivity index (χ0v) is 9.13. The average Bonchev–Trinajstić information content (AvgIpc) is 2.23. The van der Waals surface area contributed by atoms with E-state index >= 15 is 0 Å². The molecule has 0 atom stereocenters. The predicted molar refractivity (Wildman–Crippen MR) is 55.9 cm³/mol. The molecule has 0 fully saturated rings. The lowest BCUT2D eigenvalue weighted by Gasteiger charge is -2.10. The van der Waals surface area contributed by atoms with Crippen molar-refractivity contribution < 1.29 is 14.7 Å². The smallest absolute Gasteiger partial charge is 0.337 e. The second-order valence-electron chi connectivity index (χ2n) is 3.40. The van der Waals surface area contributed by atoms with Crippen molar-refractivity contribution in [1.82, 2.24) is 5.48 Å². The molecule has 0 amide bonds. The first-order valence-corrected chi connectivity index (χ1v) is 4.65. The first kappa shape index (κ1) is 11.7. The molecule has 82 valence electrons. The summed E-state index contributed by atoms with van der Waals surface area (Å²) in [5.41, 5.74) is 5.54. The van der Waals surface area contributed by atoms with Crippen LogP contribution in [0.4, 0.5) is 0 Å². The van der Waals surface area contributed by atoms with Gasteiger partial charge in [0, 0.05) is 6.54 Å². The number of esters is 1. The number of hydrogen-bond donors (Lipinski definition) is 2. The van der Waals surface area contributed by atoms with Gasteiger partial charge in [0.25, 0.3) is 0 Å². The molecule has 1 rings (SSSR count). The number of hydroxylamine groups is 1. The topological polar surface area (TPSA) is 58.6 Å². The van der Waals surface area contributed by atoms with E-state index in [0.717, 1.165) is 16.7 Å². The fraction of sp³-hybridized carbons (Fsp3) is 0.364. The van der Waals surface area contributed by atoms with Crippen LogP contribution in [-0.4, -0.2) is 18.3 Å². The molecule has 15 heavy (non-hydrogen) atoms. The Hall–Kier alpha value is -1.39.